The number of terminal acetylenes is 1. The van der Waals surface area contributed by atoms with Gasteiger partial charge in [-0.15, -0.1) is 18.9 Å². The van der Waals surface area contributed by atoms with Crippen molar-refractivity contribution in [2.75, 3.05) is 13.7 Å². The average molecular weight is 699 g/mol. The quantitative estimate of drug-likeness (QED) is 0.0745. The average Bonchev–Trinajstić information content (AvgIpc) is 2.89. The SMILES string of the molecule is C#CCC/C=C(/C)Cc1cc(O[Si](C)(C)C(C)(C)C)c([C@H](/C=C(\CC=C)CO[Si](C)(C)C(C)(C)C)O[Si](C)(C)C(C)(C)C)cc1OC. The molecule has 4 nitrogen and oxygen atoms in total. The first-order valence-electron chi connectivity index (χ1n) is 17.3. The van der Waals surface area contributed by atoms with Crippen LogP contribution in [0.5, 0.6) is 11.5 Å². The van der Waals surface area contributed by atoms with Gasteiger partial charge in [-0.3, -0.25) is 0 Å². The van der Waals surface area contributed by atoms with Gasteiger partial charge in [0, 0.05) is 17.5 Å². The molecule has 0 amide bonds. The van der Waals surface area contributed by atoms with E-state index < -0.39 is 25.0 Å². The lowest BCUT2D eigenvalue weighted by Crippen LogP contribution is -2.44. The van der Waals surface area contributed by atoms with Crippen LogP contribution in [0.4, 0.5) is 0 Å². The Hall–Kier alpha value is -1.83. The Morgan fingerprint density at radius 2 is 1.43 bits per heavy atom. The van der Waals surface area contributed by atoms with Crippen LogP contribution >= 0.6 is 0 Å². The van der Waals surface area contributed by atoms with Gasteiger partial charge in [-0.2, -0.15) is 0 Å². The van der Waals surface area contributed by atoms with Crippen LogP contribution in [-0.4, -0.2) is 38.7 Å². The second-order valence-corrected chi connectivity index (χ2v) is 32.0. The fourth-order valence-corrected chi connectivity index (χ4v) is 7.40. The van der Waals surface area contributed by atoms with E-state index in [0.29, 0.717) is 6.61 Å². The molecule has 0 radical (unpaired) electrons. The summed E-state index contributed by atoms with van der Waals surface area (Å²) in [6.07, 6.45) is 14.7. The summed E-state index contributed by atoms with van der Waals surface area (Å²) in [5.41, 5.74) is 4.53. The summed E-state index contributed by atoms with van der Waals surface area (Å²) < 4.78 is 27.4. The molecule has 0 aliphatic carbocycles. The second kappa shape index (κ2) is 16.7. The third-order valence-corrected chi connectivity index (χ3v) is 23.9. The minimum Gasteiger partial charge on any atom is -0.543 e. The van der Waals surface area contributed by atoms with Gasteiger partial charge in [0.05, 0.1) is 19.8 Å². The van der Waals surface area contributed by atoms with E-state index in [4.69, 9.17) is 24.4 Å². The van der Waals surface area contributed by atoms with E-state index in [1.807, 2.05) is 6.08 Å². The molecular weight excluding hydrogens is 629 g/mol. The first-order chi connectivity index (χ1) is 21.2. The zero-order chi connectivity index (χ0) is 36.6. The molecule has 0 aromatic heterocycles. The fraction of sp³-hybridized carbons (Fsp3) is 0.650. The highest BCUT2D eigenvalue weighted by Gasteiger charge is 2.43. The monoisotopic (exact) mass is 698 g/mol. The van der Waals surface area contributed by atoms with Gasteiger partial charge in [-0.25, -0.2) is 0 Å². The molecule has 0 saturated carbocycles. The van der Waals surface area contributed by atoms with Crippen LogP contribution in [-0.2, 0) is 15.3 Å². The molecule has 1 aromatic carbocycles. The molecule has 0 N–H and O–H groups in total. The lowest BCUT2D eigenvalue weighted by atomic mass is 9.98. The molecule has 0 heterocycles. The number of methoxy groups -OCH3 is 1. The topological polar surface area (TPSA) is 36.9 Å². The maximum atomic E-state index is 7.32. The van der Waals surface area contributed by atoms with Crippen LogP contribution in [0, 0.1) is 12.3 Å². The van der Waals surface area contributed by atoms with E-state index >= 15 is 0 Å². The summed E-state index contributed by atoms with van der Waals surface area (Å²) in [4.78, 5) is 0. The number of allylic oxidation sites excluding steroid dienone is 3. The van der Waals surface area contributed by atoms with E-state index in [0.717, 1.165) is 48.3 Å². The van der Waals surface area contributed by atoms with Crippen molar-refractivity contribution in [3.8, 4) is 23.8 Å². The number of ether oxygens (including phenoxy) is 1. The summed E-state index contributed by atoms with van der Waals surface area (Å²) in [7, 11) is -4.70. The van der Waals surface area contributed by atoms with Crippen molar-refractivity contribution in [2.45, 2.75) is 155 Å². The molecule has 0 unspecified atom stereocenters. The highest BCUT2D eigenvalue weighted by Crippen LogP contribution is 2.46. The Bertz CT molecular complexity index is 1290. The smallest absolute Gasteiger partial charge is 0.250 e. The minimum atomic E-state index is -2.25. The normalized spacial score (nSPS) is 14.9. The van der Waals surface area contributed by atoms with Crippen LogP contribution in [0.15, 0.2) is 48.1 Å². The van der Waals surface area contributed by atoms with Gasteiger partial charge < -0.3 is 18.0 Å². The van der Waals surface area contributed by atoms with E-state index in [1.165, 1.54) is 11.1 Å². The highest BCUT2D eigenvalue weighted by molar-refractivity contribution is 6.75. The molecule has 47 heavy (non-hydrogen) atoms. The number of hydrogen-bond acceptors (Lipinski definition) is 4. The molecule has 1 aromatic rings. The molecule has 0 bridgehead atoms. The Kier molecular flexibility index (Phi) is 15.4. The second-order valence-electron chi connectivity index (χ2n) is 17.7. The van der Waals surface area contributed by atoms with Gasteiger partial charge in [0.1, 0.15) is 11.5 Å². The van der Waals surface area contributed by atoms with E-state index in [1.54, 1.807) is 7.11 Å². The van der Waals surface area contributed by atoms with Gasteiger partial charge in [0.2, 0.25) is 8.32 Å². The number of unbranched alkanes of at least 4 members (excludes halogenated alkanes) is 1. The zero-order valence-corrected chi connectivity index (χ0v) is 36.4. The van der Waals surface area contributed by atoms with Gasteiger partial charge in [0.25, 0.3) is 0 Å². The van der Waals surface area contributed by atoms with Gasteiger partial charge in [-0.1, -0.05) is 86.1 Å². The van der Waals surface area contributed by atoms with Crippen molar-refractivity contribution in [1.82, 2.24) is 0 Å². The van der Waals surface area contributed by atoms with E-state index in [-0.39, 0.29) is 21.2 Å². The third-order valence-electron chi connectivity index (χ3n) is 10.6. The van der Waals surface area contributed by atoms with Crippen LogP contribution in [0.2, 0.25) is 54.4 Å². The lowest BCUT2D eigenvalue weighted by Gasteiger charge is -2.41. The van der Waals surface area contributed by atoms with Crippen LogP contribution in [0.25, 0.3) is 0 Å². The predicted molar refractivity (Wildman–Crippen MR) is 213 cm³/mol. The van der Waals surface area contributed by atoms with Crippen molar-refractivity contribution in [1.29, 1.82) is 0 Å². The maximum Gasteiger partial charge on any atom is 0.250 e. The Labute approximate surface area is 294 Å². The molecule has 0 saturated heterocycles. The first-order valence-corrected chi connectivity index (χ1v) is 26.1. The third kappa shape index (κ3) is 12.5. The van der Waals surface area contributed by atoms with Crippen molar-refractivity contribution in [3.63, 3.8) is 0 Å². The number of benzene rings is 1. The van der Waals surface area contributed by atoms with Crippen molar-refractivity contribution in [3.05, 3.63) is 59.2 Å². The van der Waals surface area contributed by atoms with Gasteiger partial charge in [-0.05, 0) is 98.3 Å². The van der Waals surface area contributed by atoms with Crippen molar-refractivity contribution < 1.29 is 18.0 Å². The first kappa shape index (κ1) is 43.2. The predicted octanol–water partition coefficient (Wildman–Crippen LogP) is 12.6. The molecule has 0 aliphatic heterocycles. The molecule has 1 rings (SSSR count). The van der Waals surface area contributed by atoms with Crippen LogP contribution in [0.1, 0.15) is 106 Å². The highest BCUT2D eigenvalue weighted by atomic mass is 28.4. The molecule has 0 aliphatic rings. The summed E-state index contributed by atoms with van der Waals surface area (Å²) in [5, 5.41) is 0.149. The van der Waals surface area contributed by atoms with Gasteiger partial charge in [0.15, 0.2) is 16.6 Å². The molecule has 7 heteroatoms. The summed E-state index contributed by atoms with van der Waals surface area (Å²) in [6, 6.07) is 4.38. The summed E-state index contributed by atoms with van der Waals surface area (Å²) >= 11 is 0. The van der Waals surface area contributed by atoms with E-state index in [2.05, 4.69) is 145 Å². The van der Waals surface area contributed by atoms with Gasteiger partial charge >= 0.3 is 0 Å². The van der Waals surface area contributed by atoms with Crippen molar-refractivity contribution >= 4 is 25.0 Å². The molecule has 0 fully saturated rings. The Morgan fingerprint density at radius 3 is 1.89 bits per heavy atom. The largest absolute Gasteiger partial charge is 0.543 e. The lowest BCUT2D eigenvalue weighted by molar-refractivity contribution is 0.222. The zero-order valence-electron chi connectivity index (χ0n) is 33.4. The fourth-order valence-electron chi connectivity index (χ4n) is 4.20. The van der Waals surface area contributed by atoms with E-state index in [9.17, 15) is 0 Å². The minimum absolute atomic E-state index is 0.0140. The standard InChI is InChI=1S/C40H70O4Si3/c1-20-22-23-25-31(3)26-33-28-37(44-47(18,19)40(10,11)12)34(29-35(33)41-13)36(43-46(16,17)39(7,8)9)27-32(24-21-2)30-42-45(14,15)38(4,5)6/h1,21,25,27-29,36H,2,22-24,26,30H2,3-19H3/b31-25-,32-27+/t36-/m0/s1. The van der Waals surface area contributed by atoms with Crippen molar-refractivity contribution in [2.24, 2.45) is 0 Å². The Balaban J connectivity index is 4.08. The van der Waals surface area contributed by atoms with Crippen LogP contribution in [0.3, 0.4) is 0 Å². The Morgan fingerprint density at radius 1 is 0.872 bits per heavy atom. The maximum absolute atomic E-state index is 7.32. The number of hydrogen-bond donors (Lipinski definition) is 0. The molecular formula is C40H70O4Si3. The summed E-state index contributed by atoms with van der Waals surface area (Å²) in [5.74, 6) is 4.46. The molecule has 1 atom stereocenters. The summed E-state index contributed by atoms with van der Waals surface area (Å²) in [6.45, 7) is 41.2. The number of rotatable bonds is 16. The molecule has 0 spiro atoms. The van der Waals surface area contributed by atoms with Crippen LogP contribution < -0.4 is 9.16 Å². The molecule has 266 valence electrons.